The topological polar surface area (TPSA) is 220 Å². The van der Waals surface area contributed by atoms with Crippen LogP contribution in [0.4, 0.5) is 0 Å². The van der Waals surface area contributed by atoms with E-state index in [0.29, 0.717) is 0 Å². The Labute approximate surface area is 148 Å². The first-order chi connectivity index (χ1) is 12.1. The Morgan fingerprint density at radius 3 is 2.04 bits per heavy atom. The second-order valence-electron chi connectivity index (χ2n) is 6.24. The third kappa shape index (κ3) is 5.07. The molecule has 0 radical (unpaired) electrons. The fourth-order valence-electron chi connectivity index (χ4n) is 2.77. The fourth-order valence-corrected chi connectivity index (χ4v) is 2.77. The van der Waals surface area contributed by atoms with Crippen LogP contribution in [0.2, 0.25) is 0 Å². The highest BCUT2D eigenvalue weighted by atomic mass is 16.5. The number of aliphatic hydroxyl groups excluding tert-OH is 9. The largest absolute Gasteiger partial charge is 0.394 e. The Morgan fingerprint density at radius 2 is 1.58 bits per heavy atom. The molecule has 0 aromatic carbocycles. The standard InChI is InChI=1S/C14H27NO11/c1-4(18)15-7-10(22)9(21)6(3-17)26-14(7)13(25)12(24)11(23)8(20)5(19)2-16/h5-14,16-17,19-25H,2-3H2,1H3,(H,15,18)/t5-,6-,7-,8+,9-,10-,11+,12-,13?,14?/m1/s1. The summed E-state index contributed by atoms with van der Waals surface area (Å²) in [6.45, 7) is -0.584. The van der Waals surface area contributed by atoms with Crippen molar-refractivity contribution >= 4 is 5.91 Å². The van der Waals surface area contributed by atoms with Gasteiger partial charge in [-0.1, -0.05) is 0 Å². The van der Waals surface area contributed by atoms with Crippen molar-refractivity contribution in [3.8, 4) is 0 Å². The maximum atomic E-state index is 11.3. The first kappa shape index (κ1) is 23.1. The number of ether oxygens (including phenoxy) is 1. The van der Waals surface area contributed by atoms with Gasteiger partial charge < -0.3 is 56.0 Å². The van der Waals surface area contributed by atoms with Gasteiger partial charge in [0, 0.05) is 6.92 Å². The molecule has 0 spiro atoms. The highest BCUT2D eigenvalue weighted by Crippen LogP contribution is 2.26. The van der Waals surface area contributed by atoms with Crippen LogP contribution in [0.25, 0.3) is 0 Å². The van der Waals surface area contributed by atoms with E-state index in [4.69, 9.17) is 9.84 Å². The minimum atomic E-state index is -2.13. The van der Waals surface area contributed by atoms with E-state index in [1.165, 1.54) is 0 Å². The van der Waals surface area contributed by atoms with Gasteiger partial charge in [-0.2, -0.15) is 0 Å². The molecule has 12 nitrogen and oxygen atoms in total. The van der Waals surface area contributed by atoms with Crippen molar-refractivity contribution in [1.29, 1.82) is 0 Å². The number of aliphatic hydroxyl groups is 9. The van der Waals surface area contributed by atoms with Crippen LogP contribution in [0.15, 0.2) is 0 Å². The number of hydrogen-bond donors (Lipinski definition) is 10. The van der Waals surface area contributed by atoms with Crippen LogP contribution in [0, 0.1) is 0 Å². The van der Waals surface area contributed by atoms with Crippen LogP contribution < -0.4 is 5.32 Å². The van der Waals surface area contributed by atoms with Gasteiger partial charge >= 0.3 is 0 Å². The summed E-state index contributed by atoms with van der Waals surface area (Å²) in [7, 11) is 0. The summed E-state index contributed by atoms with van der Waals surface area (Å²) in [5.74, 6) is -0.657. The lowest BCUT2D eigenvalue weighted by Gasteiger charge is -2.45. The number of carbonyl (C=O) groups excluding carboxylic acids is 1. The zero-order valence-electron chi connectivity index (χ0n) is 14.0. The number of amides is 1. The Kier molecular flexibility index (Phi) is 8.75. The first-order valence-electron chi connectivity index (χ1n) is 7.97. The molecule has 1 saturated heterocycles. The van der Waals surface area contributed by atoms with E-state index in [0.717, 1.165) is 6.92 Å². The summed E-state index contributed by atoms with van der Waals surface area (Å²) < 4.78 is 5.24. The summed E-state index contributed by atoms with van der Waals surface area (Å²) in [5, 5.41) is 89.4. The van der Waals surface area contributed by atoms with Gasteiger partial charge in [0.25, 0.3) is 0 Å². The second kappa shape index (κ2) is 9.85. The predicted octanol–water partition coefficient (Wildman–Crippen LogP) is -6.23. The summed E-state index contributed by atoms with van der Waals surface area (Å²) >= 11 is 0. The van der Waals surface area contributed by atoms with E-state index in [1.54, 1.807) is 0 Å². The highest BCUT2D eigenvalue weighted by Gasteiger charge is 2.50. The highest BCUT2D eigenvalue weighted by molar-refractivity contribution is 5.73. The van der Waals surface area contributed by atoms with Crippen LogP contribution in [-0.2, 0) is 9.53 Å². The molecule has 0 aromatic heterocycles. The molecular weight excluding hydrogens is 358 g/mol. The number of rotatable bonds is 8. The maximum absolute atomic E-state index is 11.3. The van der Waals surface area contributed by atoms with Crippen molar-refractivity contribution in [2.45, 2.75) is 67.9 Å². The molecule has 0 aliphatic carbocycles. The van der Waals surface area contributed by atoms with Crippen molar-refractivity contribution in [2.75, 3.05) is 13.2 Å². The normalized spacial score (nSPS) is 35.2. The molecule has 10 N–H and O–H groups in total. The first-order valence-corrected chi connectivity index (χ1v) is 7.97. The number of hydrogen-bond acceptors (Lipinski definition) is 11. The molecule has 0 saturated carbocycles. The molecule has 1 amide bonds. The smallest absolute Gasteiger partial charge is 0.217 e. The average Bonchev–Trinajstić information content (AvgIpc) is 2.62. The van der Waals surface area contributed by atoms with Gasteiger partial charge in [-0.3, -0.25) is 4.79 Å². The molecule has 0 bridgehead atoms. The Morgan fingerprint density at radius 1 is 1.00 bits per heavy atom. The van der Waals surface area contributed by atoms with Crippen LogP contribution in [0.1, 0.15) is 6.92 Å². The van der Waals surface area contributed by atoms with Crippen LogP contribution in [0.5, 0.6) is 0 Å². The zero-order valence-corrected chi connectivity index (χ0v) is 14.0. The Hall–Kier alpha value is -0.930. The lowest BCUT2D eigenvalue weighted by molar-refractivity contribution is -0.237. The van der Waals surface area contributed by atoms with Crippen molar-refractivity contribution < 1.29 is 55.5 Å². The molecule has 0 aromatic rings. The lowest BCUT2D eigenvalue weighted by atomic mass is 9.86. The third-order valence-corrected chi connectivity index (χ3v) is 4.30. The predicted molar refractivity (Wildman–Crippen MR) is 82.5 cm³/mol. The number of carbonyl (C=O) groups is 1. The maximum Gasteiger partial charge on any atom is 0.217 e. The average molecular weight is 385 g/mol. The van der Waals surface area contributed by atoms with E-state index in [9.17, 15) is 45.6 Å². The van der Waals surface area contributed by atoms with E-state index in [-0.39, 0.29) is 0 Å². The molecule has 2 unspecified atom stereocenters. The molecule has 26 heavy (non-hydrogen) atoms. The van der Waals surface area contributed by atoms with E-state index in [2.05, 4.69) is 5.32 Å². The van der Waals surface area contributed by atoms with E-state index < -0.39 is 80.1 Å². The van der Waals surface area contributed by atoms with Gasteiger partial charge in [0.05, 0.1) is 19.3 Å². The summed E-state index contributed by atoms with van der Waals surface area (Å²) in [6.07, 6.45) is -16.3. The van der Waals surface area contributed by atoms with Gasteiger partial charge in [-0.15, -0.1) is 0 Å². The molecule has 1 aliphatic rings. The molecule has 1 heterocycles. The summed E-state index contributed by atoms with van der Waals surface area (Å²) in [5.41, 5.74) is 0. The Balaban J connectivity index is 3.02. The molecule has 1 aliphatic heterocycles. The SMILES string of the molecule is CC(=O)N[C@H]1C(C(O)[C@H](O)[C@@H](O)[C@@H](O)[C@H](O)CO)O[C@H](CO)[C@@H](O)[C@@H]1O. The van der Waals surface area contributed by atoms with Gasteiger partial charge in [0.15, 0.2) is 0 Å². The summed E-state index contributed by atoms with van der Waals surface area (Å²) in [6, 6.07) is -1.41. The minimum Gasteiger partial charge on any atom is -0.394 e. The molecule has 1 fully saturated rings. The van der Waals surface area contributed by atoms with Crippen molar-refractivity contribution in [3.05, 3.63) is 0 Å². The lowest BCUT2D eigenvalue weighted by Crippen LogP contribution is -2.68. The molecule has 12 heteroatoms. The summed E-state index contributed by atoms with van der Waals surface area (Å²) in [4.78, 5) is 11.3. The Bertz CT molecular complexity index is 453. The monoisotopic (exact) mass is 385 g/mol. The molecule has 10 atom stereocenters. The van der Waals surface area contributed by atoms with Crippen LogP contribution >= 0.6 is 0 Å². The van der Waals surface area contributed by atoms with Crippen LogP contribution in [0.3, 0.4) is 0 Å². The van der Waals surface area contributed by atoms with Gasteiger partial charge in [0.2, 0.25) is 5.91 Å². The van der Waals surface area contributed by atoms with Crippen LogP contribution in [-0.4, -0.2) is 126 Å². The van der Waals surface area contributed by atoms with Crippen molar-refractivity contribution in [3.63, 3.8) is 0 Å². The second-order valence-corrected chi connectivity index (χ2v) is 6.24. The van der Waals surface area contributed by atoms with Gasteiger partial charge in [0.1, 0.15) is 54.9 Å². The molecule has 1 rings (SSSR count). The fraction of sp³-hybridized carbons (Fsp3) is 0.929. The zero-order chi connectivity index (χ0) is 20.2. The van der Waals surface area contributed by atoms with Gasteiger partial charge in [-0.05, 0) is 0 Å². The molecule has 154 valence electrons. The van der Waals surface area contributed by atoms with Gasteiger partial charge in [-0.25, -0.2) is 0 Å². The van der Waals surface area contributed by atoms with E-state index in [1.807, 2.05) is 0 Å². The van der Waals surface area contributed by atoms with Crippen molar-refractivity contribution in [2.24, 2.45) is 0 Å². The third-order valence-electron chi connectivity index (χ3n) is 4.30. The number of nitrogens with one attached hydrogen (secondary N) is 1. The minimum absolute atomic E-state index is 0.657. The van der Waals surface area contributed by atoms with E-state index >= 15 is 0 Å². The molecular formula is C14H27NO11. The quantitative estimate of drug-likeness (QED) is 0.189. The van der Waals surface area contributed by atoms with Crippen molar-refractivity contribution in [1.82, 2.24) is 5.32 Å².